The molecule has 1 heterocycles. The lowest BCUT2D eigenvalue weighted by Crippen LogP contribution is -2.47. The van der Waals surface area contributed by atoms with Crippen molar-refractivity contribution in [1.82, 2.24) is 8.61 Å². The third kappa shape index (κ3) is 4.63. The van der Waals surface area contributed by atoms with Crippen molar-refractivity contribution >= 4 is 16.0 Å². The summed E-state index contributed by atoms with van der Waals surface area (Å²) in [6.45, 7) is 3.31. The van der Waals surface area contributed by atoms with Crippen molar-refractivity contribution in [2.24, 2.45) is 10.9 Å². The summed E-state index contributed by atoms with van der Waals surface area (Å²) in [5.74, 6) is -0.0909. The summed E-state index contributed by atoms with van der Waals surface area (Å²) in [4.78, 5) is 0. The fraction of sp³-hybridized carbons (Fsp3) is 0.909. The Morgan fingerprint density at radius 1 is 1.32 bits per heavy atom. The van der Waals surface area contributed by atoms with E-state index in [2.05, 4.69) is 5.16 Å². The Kier molecular flexibility index (Phi) is 6.53. The van der Waals surface area contributed by atoms with Gasteiger partial charge in [-0.3, -0.25) is 0 Å². The zero-order chi connectivity index (χ0) is 14.3. The lowest BCUT2D eigenvalue weighted by molar-refractivity contribution is 0.312. The Morgan fingerprint density at radius 3 is 2.37 bits per heavy atom. The van der Waals surface area contributed by atoms with Gasteiger partial charge in [0.25, 0.3) is 10.2 Å². The van der Waals surface area contributed by atoms with Crippen molar-refractivity contribution in [2.45, 2.75) is 39.0 Å². The van der Waals surface area contributed by atoms with Crippen LogP contribution in [0.4, 0.5) is 0 Å². The van der Waals surface area contributed by atoms with Crippen LogP contribution in [0, 0.1) is 0 Å². The minimum Gasteiger partial charge on any atom is -0.409 e. The fourth-order valence-corrected chi connectivity index (χ4v) is 3.93. The third-order valence-electron chi connectivity index (χ3n) is 3.16. The molecule has 1 rings (SSSR count). The molecule has 1 fully saturated rings. The van der Waals surface area contributed by atoms with Gasteiger partial charge >= 0.3 is 0 Å². The molecule has 0 atom stereocenters. The molecule has 0 aliphatic carbocycles. The number of hydrogen-bond acceptors (Lipinski definition) is 4. The van der Waals surface area contributed by atoms with E-state index in [-0.39, 0.29) is 12.4 Å². The standard InChI is InChI=1S/C11H24N4O3S/c1-2-7-15(10-11(12)13-16)19(17,18)14-8-5-3-4-6-9-14/h16H,2-10H2,1H3,(H2,12,13). The molecule has 8 heteroatoms. The van der Waals surface area contributed by atoms with E-state index >= 15 is 0 Å². The predicted molar refractivity (Wildman–Crippen MR) is 74.2 cm³/mol. The highest BCUT2D eigenvalue weighted by Crippen LogP contribution is 2.16. The number of rotatable bonds is 6. The molecule has 7 nitrogen and oxygen atoms in total. The number of oxime groups is 1. The van der Waals surface area contributed by atoms with Gasteiger partial charge in [-0.2, -0.15) is 17.0 Å². The van der Waals surface area contributed by atoms with Gasteiger partial charge in [-0.1, -0.05) is 24.9 Å². The molecule has 0 bridgehead atoms. The minimum absolute atomic E-state index is 0.0663. The maximum absolute atomic E-state index is 12.5. The first kappa shape index (κ1) is 16.2. The van der Waals surface area contributed by atoms with E-state index in [4.69, 9.17) is 10.9 Å². The summed E-state index contributed by atoms with van der Waals surface area (Å²) < 4.78 is 27.9. The molecule has 1 aliphatic heterocycles. The second kappa shape index (κ2) is 7.66. The normalized spacial score (nSPS) is 19.6. The van der Waals surface area contributed by atoms with E-state index in [0.29, 0.717) is 26.1 Å². The molecule has 0 radical (unpaired) electrons. The first-order valence-corrected chi connectivity index (χ1v) is 8.13. The van der Waals surface area contributed by atoms with E-state index in [9.17, 15) is 8.42 Å². The summed E-state index contributed by atoms with van der Waals surface area (Å²) in [7, 11) is -3.52. The van der Waals surface area contributed by atoms with Gasteiger partial charge in [0, 0.05) is 19.6 Å². The number of nitrogens with two attached hydrogens (primary N) is 1. The van der Waals surface area contributed by atoms with Gasteiger partial charge in [0.2, 0.25) is 0 Å². The summed E-state index contributed by atoms with van der Waals surface area (Å²) >= 11 is 0. The molecular formula is C11H24N4O3S. The lowest BCUT2D eigenvalue weighted by atomic mass is 10.2. The number of nitrogens with zero attached hydrogens (tertiary/aromatic N) is 3. The van der Waals surface area contributed by atoms with Gasteiger partial charge in [0.1, 0.15) is 0 Å². The number of amidine groups is 1. The van der Waals surface area contributed by atoms with Gasteiger partial charge in [-0.05, 0) is 19.3 Å². The van der Waals surface area contributed by atoms with Crippen molar-refractivity contribution in [1.29, 1.82) is 0 Å². The largest absolute Gasteiger partial charge is 0.409 e. The summed E-state index contributed by atoms with van der Waals surface area (Å²) in [5.41, 5.74) is 5.44. The smallest absolute Gasteiger partial charge is 0.282 e. The zero-order valence-electron chi connectivity index (χ0n) is 11.5. The van der Waals surface area contributed by atoms with Gasteiger partial charge in [-0.15, -0.1) is 0 Å². The maximum Gasteiger partial charge on any atom is 0.282 e. The summed E-state index contributed by atoms with van der Waals surface area (Å²) in [5, 5.41) is 11.5. The molecule has 0 aromatic heterocycles. The van der Waals surface area contributed by atoms with Crippen molar-refractivity contribution in [3.63, 3.8) is 0 Å². The monoisotopic (exact) mass is 292 g/mol. The molecule has 1 saturated heterocycles. The Balaban J connectivity index is 2.84. The van der Waals surface area contributed by atoms with E-state index in [1.165, 1.54) is 8.61 Å². The SMILES string of the molecule is CCCN(CC(N)=NO)S(=O)(=O)N1CCCCCC1. The van der Waals surface area contributed by atoms with Crippen molar-refractivity contribution < 1.29 is 13.6 Å². The quantitative estimate of drug-likeness (QED) is 0.323. The molecule has 0 unspecified atom stereocenters. The van der Waals surface area contributed by atoms with Crippen LogP contribution in [0.3, 0.4) is 0 Å². The molecule has 19 heavy (non-hydrogen) atoms. The predicted octanol–water partition coefficient (Wildman–Crippen LogP) is 0.566. The lowest BCUT2D eigenvalue weighted by Gasteiger charge is -2.28. The topological polar surface area (TPSA) is 99.2 Å². The van der Waals surface area contributed by atoms with Crippen LogP contribution in [0.2, 0.25) is 0 Å². The second-order valence-electron chi connectivity index (χ2n) is 4.75. The van der Waals surface area contributed by atoms with Gasteiger partial charge in [0.05, 0.1) is 6.54 Å². The van der Waals surface area contributed by atoms with Gasteiger partial charge in [0.15, 0.2) is 5.84 Å². The first-order valence-electron chi connectivity index (χ1n) is 6.74. The van der Waals surface area contributed by atoms with Gasteiger partial charge < -0.3 is 10.9 Å². The molecule has 0 aromatic rings. The van der Waals surface area contributed by atoms with Crippen molar-refractivity contribution in [3.05, 3.63) is 0 Å². The van der Waals surface area contributed by atoms with Crippen LogP contribution < -0.4 is 5.73 Å². The molecular weight excluding hydrogens is 268 g/mol. The van der Waals surface area contributed by atoms with E-state index in [0.717, 1.165) is 25.7 Å². The maximum atomic E-state index is 12.5. The van der Waals surface area contributed by atoms with Crippen LogP contribution >= 0.6 is 0 Å². The van der Waals surface area contributed by atoms with E-state index in [1.807, 2.05) is 6.92 Å². The number of hydrogen-bond donors (Lipinski definition) is 2. The minimum atomic E-state index is -3.52. The Hall–Kier alpha value is -0.860. The molecule has 0 saturated carbocycles. The molecule has 0 aromatic carbocycles. The third-order valence-corrected chi connectivity index (χ3v) is 5.14. The molecule has 3 N–H and O–H groups in total. The average molecular weight is 292 g/mol. The van der Waals surface area contributed by atoms with Crippen LogP contribution in [-0.4, -0.2) is 54.3 Å². The second-order valence-corrected chi connectivity index (χ2v) is 6.67. The first-order chi connectivity index (χ1) is 9.02. The van der Waals surface area contributed by atoms with Crippen molar-refractivity contribution in [3.8, 4) is 0 Å². The highest BCUT2D eigenvalue weighted by molar-refractivity contribution is 7.86. The van der Waals surface area contributed by atoms with Crippen LogP contribution in [0.1, 0.15) is 39.0 Å². The Morgan fingerprint density at radius 2 is 1.89 bits per heavy atom. The van der Waals surface area contributed by atoms with Crippen LogP contribution in [0.15, 0.2) is 5.16 Å². The zero-order valence-corrected chi connectivity index (χ0v) is 12.3. The van der Waals surface area contributed by atoms with E-state index < -0.39 is 10.2 Å². The average Bonchev–Trinajstić information content (AvgIpc) is 2.67. The van der Waals surface area contributed by atoms with Crippen molar-refractivity contribution in [2.75, 3.05) is 26.2 Å². The van der Waals surface area contributed by atoms with E-state index in [1.54, 1.807) is 0 Å². The Labute approximate surface area is 115 Å². The van der Waals surface area contributed by atoms with Crippen LogP contribution in [0.5, 0.6) is 0 Å². The van der Waals surface area contributed by atoms with Gasteiger partial charge in [-0.25, -0.2) is 0 Å². The molecule has 112 valence electrons. The highest BCUT2D eigenvalue weighted by Gasteiger charge is 2.30. The Bertz CT molecular complexity index is 389. The fourth-order valence-electron chi connectivity index (χ4n) is 2.17. The summed E-state index contributed by atoms with van der Waals surface area (Å²) in [6.07, 6.45) is 4.61. The summed E-state index contributed by atoms with van der Waals surface area (Å²) in [6, 6.07) is 0. The highest BCUT2D eigenvalue weighted by atomic mass is 32.2. The molecule has 1 aliphatic rings. The molecule has 0 spiro atoms. The van der Waals surface area contributed by atoms with Crippen LogP contribution in [0.25, 0.3) is 0 Å². The molecule has 0 amide bonds. The van der Waals surface area contributed by atoms with Crippen LogP contribution in [-0.2, 0) is 10.2 Å².